The van der Waals surface area contributed by atoms with Crippen molar-refractivity contribution in [3.05, 3.63) is 55.7 Å². The lowest BCUT2D eigenvalue weighted by Crippen LogP contribution is -2.23. The Balaban J connectivity index is 2.15. The molecule has 2 aromatic rings. The SMILES string of the molecule is Cc1ccc(CNC(=O)c2cc(C(F)(F)F)ccc2Br)s1. The van der Waals surface area contributed by atoms with Gasteiger partial charge in [0.05, 0.1) is 17.7 Å². The van der Waals surface area contributed by atoms with Crippen molar-refractivity contribution in [3.63, 3.8) is 0 Å². The van der Waals surface area contributed by atoms with E-state index in [-0.39, 0.29) is 5.56 Å². The Labute approximate surface area is 132 Å². The van der Waals surface area contributed by atoms with Gasteiger partial charge in [-0.25, -0.2) is 0 Å². The van der Waals surface area contributed by atoms with Gasteiger partial charge >= 0.3 is 6.18 Å². The van der Waals surface area contributed by atoms with Crippen molar-refractivity contribution in [1.29, 1.82) is 0 Å². The predicted octanol–water partition coefficient (Wildman–Crippen LogP) is 4.77. The van der Waals surface area contributed by atoms with Crippen molar-refractivity contribution in [1.82, 2.24) is 5.32 Å². The van der Waals surface area contributed by atoms with Gasteiger partial charge in [-0.2, -0.15) is 13.2 Å². The summed E-state index contributed by atoms with van der Waals surface area (Å²) < 4.78 is 38.3. The van der Waals surface area contributed by atoms with Crippen LogP contribution >= 0.6 is 27.3 Å². The molecule has 1 heterocycles. The predicted molar refractivity (Wildman–Crippen MR) is 79.4 cm³/mol. The van der Waals surface area contributed by atoms with Gasteiger partial charge in [-0.1, -0.05) is 0 Å². The van der Waals surface area contributed by atoms with Gasteiger partial charge in [-0.15, -0.1) is 11.3 Å². The van der Waals surface area contributed by atoms with Crippen molar-refractivity contribution in [2.24, 2.45) is 0 Å². The number of aryl methyl sites for hydroxylation is 1. The Hall–Kier alpha value is -1.34. The van der Waals surface area contributed by atoms with Gasteiger partial charge in [-0.3, -0.25) is 4.79 Å². The average Bonchev–Trinajstić information content (AvgIpc) is 2.81. The summed E-state index contributed by atoms with van der Waals surface area (Å²) in [6.07, 6.45) is -4.47. The zero-order valence-corrected chi connectivity index (χ0v) is 13.3. The van der Waals surface area contributed by atoms with E-state index in [9.17, 15) is 18.0 Å². The maximum absolute atomic E-state index is 12.7. The van der Waals surface area contributed by atoms with E-state index in [4.69, 9.17) is 0 Å². The number of hydrogen-bond donors (Lipinski definition) is 1. The van der Waals surface area contributed by atoms with Gasteiger partial charge in [0.15, 0.2) is 0 Å². The summed E-state index contributed by atoms with van der Waals surface area (Å²) in [5.74, 6) is -0.543. The molecule has 0 fully saturated rings. The lowest BCUT2D eigenvalue weighted by Gasteiger charge is -2.10. The Bertz CT molecular complexity index is 666. The molecule has 0 saturated heterocycles. The third-order valence-corrected chi connectivity index (χ3v) is 4.45. The Morgan fingerprint density at radius 2 is 2.00 bits per heavy atom. The molecule has 0 saturated carbocycles. The second kappa shape index (κ2) is 6.19. The normalized spacial score (nSPS) is 11.5. The summed E-state index contributed by atoms with van der Waals surface area (Å²) in [4.78, 5) is 14.1. The molecule has 1 aromatic carbocycles. The van der Waals surface area contributed by atoms with Crippen molar-refractivity contribution >= 4 is 33.2 Å². The average molecular weight is 378 g/mol. The lowest BCUT2D eigenvalue weighted by atomic mass is 10.1. The maximum atomic E-state index is 12.7. The summed E-state index contributed by atoms with van der Waals surface area (Å²) in [6.45, 7) is 2.24. The standard InChI is InChI=1S/C14H11BrF3NOS/c1-8-2-4-10(21-8)7-19-13(20)11-6-9(14(16,17)18)3-5-12(11)15/h2-6H,7H2,1H3,(H,19,20). The second-order valence-corrected chi connectivity index (χ2v) is 6.61. The Kier molecular flexibility index (Phi) is 4.73. The molecule has 21 heavy (non-hydrogen) atoms. The molecule has 0 aliphatic carbocycles. The first kappa shape index (κ1) is 16.0. The van der Waals surface area contributed by atoms with Crippen LogP contribution in [0.25, 0.3) is 0 Å². The maximum Gasteiger partial charge on any atom is 0.416 e. The fourth-order valence-corrected chi connectivity index (χ4v) is 2.98. The highest BCUT2D eigenvalue weighted by atomic mass is 79.9. The molecular weight excluding hydrogens is 367 g/mol. The van der Waals surface area contributed by atoms with Gasteiger partial charge in [-0.05, 0) is 53.2 Å². The number of benzene rings is 1. The monoisotopic (exact) mass is 377 g/mol. The molecule has 0 aliphatic rings. The van der Waals surface area contributed by atoms with Crippen LogP contribution in [0, 0.1) is 6.92 Å². The van der Waals surface area contributed by atoms with Gasteiger partial charge in [0.2, 0.25) is 0 Å². The minimum atomic E-state index is -4.47. The largest absolute Gasteiger partial charge is 0.416 e. The first-order valence-electron chi connectivity index (χ1n) is 5.97. The fourth-order valence-electron chi connectivity index (χ4n) is 1.72. The summed E-state index contributed by atoms with van der Waals surface area (Å²) in [5.41, 5.74) is -0.874. The summed E-state index contributed by atoms with van der Waals surface area (Å²) in [6, 6.07) is 6.81. The number of halogens is 4. The number of hydrogen-bond acceptors (Lipinski definition) is 2. The summed E-state index contributed by atoms with van der Waals surface area (Å²) >= 11 is 4.63. The fraction of sp³-hybridized carbons (Fsp3) is 0.214. The van der Waals surface area contributed by atoms with Crippen molar-refractivity contribution < 1.29 is 18.0 Å². The van der Waals surface area contributed by atoms with Crippen LogP contribution in [-0.2, 0) is 12.7 Å². The molecule has 1 amide bonds. The zero-order valence-electron chi connectivity index (χ0n) is 10.9. The first-order chi connectivity index (χ1) is 9.77. The number of rotatable bonds is 3. The van der Waals surface area contributed by atoms with E-state index < -0.39 is 17.6 Å². The summed E-state index contributed by atoms with van der Waals surface area (Å²) in [7, 11) is 0. The number of carbonyl (C=O) groups excluding carboxylic acids is 1. The molecule has 0 radical (unpaired) electrons. The van der Waals surface area contributed by atoms with E-state index in [0.717, 1.165) is 21.9 Å². The van der Waals surface area contributed by atoms with Gasteiger partial charge in [0.1, 0.15) is 0 Å². The topological polar surface area (TPSA) is 29.1 Å². The molecule has 0 unspecified atom stereocenters. The molecule has 0 bridgehead atoms. The molecular formula is C14H11BrF3NOS. The molecule has 1 N–H and O–H groups in total. The molecule has 0 aliphatic heterocycles. The van der Waals surface area contributed by atoms with Crippen LogP contribution in [0.2, 0.25) is 0 Å². The van der Waals surface area contributed by atoms with Crippen LogP contribution in [0.1, 0.15) is 25.7 Å². The van der Waals surface area contributed by atoms with Crippen molar-refractivity contribution in [2.75, 3.05) is 0 Å². The van der Waals surface area contributed by atoms with E-state index in [1.54, 1.807) is 0 Å². The Morgan fingerprint density at radius 3 is 2.57 bits per heavy atom. The minimum absolute atomic E-state index is 0.0295. The minimum Gasteiger partial charge on any atom is -0.347 e. The van der Waals surface area contributed by atoms with Crippen LogP contribution in [0.5, 0.6) is 0 Å². The second-order valence-electron chi connectivity index (χ2n) is 4.39. The Morgan fingerprint density at radius 1 is 1.29 bits per heavy atom. The van der Waals surface area contributed by atoms with Crippen molar-refractivity contribution in [3.8, 4) is 0 Å². The molecule has 2 nitrogen and oxygen atoms in total. The molecule has 0 atom stereocenters. The smallest absolute Gasteiger partial charge is 0.347 e. The van der Waals surface area contributed by atoms with Gasteiger partial charge in [0.25, 0.3) is 5.91 Å². The number of alkyl halides is 3. The van der Waals surface area contributed by atoms with E-state index in [2.05, 4.69) is 21.2 Å². The molecule has 2 rings (SSSR count). The van der Waals surface area contributed by atoms with Crippen LogP contribution in [0.15, 0.2) is 34.8 Å². The highest BCUT2D eigenvalue weighted by Crippen LogP contribution is 2.31. The van der Waals surface area contributed by atoms with Crippen LogP contribution in [-0.4, -0.2) is 5.91 Å². The van der Waals surface area contributed by atoms with Crippen LogP contribution in [0.3, 0.4) is 0 Å². The van der Waals surface area contributed by atoms with E-state index >= 15 is 0 Å². The van der Waals surface area contributed by atoms with E-state index in [0.29, 0.717) is 11.0 Å². The number of carbonyl (C=O) groups is 1. The third-order valence-electron chi connectivity index (χ3n) is 2.76. The highest BCUT2D eigenvalue weighted by molar-refractivity contribution is 9.10. The van der Waals surface area contributed by atoms with E-state index in [1.165, 1.54) is 17.4 Å². The first-order valence-corrected chi connectivity index (χ1v) is 7.58. The van der Waals surface area contributed by atoms with Crippen LogP contribution in [0.4, 0.5) is 13.2 Å². The number of thiophene rings is 1. The quantitative estimate of drug-likeness (QED) is 0.819. The zero-order chi connectivity index (χ0) is 15.6. The lowest BCUT2D eigenvalue weighted by molar-refractivity contribution is -0.137. The van der Waals surface area contributed by atoms with Gasteiger partial charge < -0.3 is 5.32 Å². The number of amides is 1. The van der Waals surface area contributed by atoms with Gasteiger partial charge in [0, 0.05) is 14.2 Å². The molecule has 112 valence electrons. The van der Waals surface area contributed by atoms with Crippen LogP contribution < -0.4 is 5.32 Å². The van der Waals surface area contributed by atoms with Crippen molar-refractivity contribution in [2.45, 2.75) is 19.6 Å². The summed E-state index contributed by atoms with van der Waals surface area (Å²) in [5, 5.41) is 2.62. The number of nitrogens with one attached hydrogen (secondary N) is 1. The third kappa shape index (κ3) is 4.07. The highest BCUT2D eigenvalue weighted by Gasteiger charge is 2.31. The molecule has 0 spiro atoms. The molecule has 1 aromatic heterocycles. The van der Waals surface area contributed by atoms with E-state index in [1.807, 2.05) is 19.1 Å². The molecule has 7 heteroatoms.